The number of benzene rings is 1. The van der Waals surface area contributed by atoms with Gasteiger partial charge >= 0.3 is 0 Å². The van der Waals surface area contributed by atoms with E-state index in [9.17, 15) is 0 Å². The Bertz CT molecular complexity index is 465. The van der Waals surface area contributed by atoms with Crippen molar-refractivity contribution in [2.24, 2.45) is 0 Å². The minimum Gasteiger partial charge on any atom is -0.378 e. The van der Waals surface area contributed by atoms with Gasteiger partial charge in [-0.15, -0.1) is 0 Å². The summed E-state index contributed by atoms with van der Waals surface area (Å²) in [4.78, 5) is 8.44. The number of nitrogens with one attached hydrogen (secondary N) is 1. The monoisotopic (exact) mass is 256 g/mol. The van der Waals surface area contributed by atoms with Crippen molar-refractivity contribution in [1.29, 1.82) is 0 Å². The second kappa shape index (κ2) is 5.61. The van der Waals surface area contributed by atoms with E-state index in [1.807, 2.05) is 51.4 Å². The minimum atomic E-state index is 0.952. The van der Waals surface area contributed by atoms with Gasteiger partial charge in [0, 0.05) is 39.6 Å². The van der Waals surface area contributed by atoms with Crippen molar-refractivity contribution in [3.05, 3.63) is 42.6 Å². The van der Waals surface area contributed by atoms with Crippen LogP contribution < -0.4 is 15.1 Å². The fraction of sp³-hybridized carbons (Fsp3) is 0.267. The zero-order chi connectivity index (χ0) is 13.8. The van der Waals surface area contributed by atoms with Gasteiger partial charge in [0.25, 0.3) is 0 Å². The molecular weight excluding hydrogens is 236 g/mol. The number of pyridine rings is 1. The molecule has 0 aliphatic carbocycles. The molecule has 0 fully saturated rings. The predicted molar refractivity (Wildman–Crippen MR) is 82.6 cm³/mol. The van der Waals surface area contributed by atoms with Gasteiger partial charge < -0.3 is 15.1 Å². The molecule has 2 aromatic rings. The molecule has 1 aromatic carbocycles. The largest absolute Gasteiger partial charge is 0.378 e. The Kier molecular flexibility index (Phi) is 3.90. The molecule has 0 aliphatic heterocycles. The lowest BCUT2D eigenvalue weighted by atomic mass is 10.2. The Labute approximate surface area is 114 Å². The van der Waals surface area contributed by atoms with Crippen LogP contribution in [-0.4, -0.2) is 33.2 Å². The van der Waals surface area contributed by atoms with E-state index < -0.39 is 0 Å². The molecule has 1 aromatic heterocycles. The molecule has 2 rings (SSSR count). The zero-order valence-electron chi connectivity index (χ0n) is 11.9. The van der Waals surface area contributed by atoms with E-state index in [4.69, 9.17) is 0 Å². The van der Waals surface area contributed by atoms with Crippen LogP contribution >= 0.6 is 0 Å². The summed E-state index contributed by atoms with van der Waals surface area (Å²) in [5, 5.41) is 3.34. The van der Waals surface area contributed by atoms with Crippen molar-refractivity contribution in [2.45, 2.75) is 0 Å². The molecule has 100 valence electrons. The lowest BCUT2D eigenvalue weighted by Crippen LogP contribution is -2.10. The highest BCUT2D eigenvalue weighted by Gasteiger charge is 1.99. The SMILES string of the molecule is CN(C)c1ccc(Nc2ccc(N(C)C)nc2)cc1. The molecule has 0 radical (unpaired) electrons. The minimum absolute atomic E-state index is 0.952. The molecule has 0 saturated carbocycles. The Hall–Kier alpha value is -2.23. The maximum Gasteiger partial charge on any atom is 0.128 e. The summed E-state index contributed by atoms with van der Waals surface area (Å²) in [6.45, 7) is 0. The maximum atomic E-state index is 4.38. The Morgan fingerprint density at radius 2 is 1.42 bits per heavy atom. The van der Waals surface area contributed by atoms with Crippen molar-refractivity contribution < 1.29 is 0 Å². The summed E-state index contributed by atoms with van der Waals surface area (Å²) in [6.07, 6.45) is 1.84. The summed E-state index contributed by atoms with van der Waals surface area (Å²) in [7, 11) is 8.03. The smallest absolute Gasteiger partial charge is 0.128 e. The van der Waals surface area contributed by atoms with Crippen LogP contribution in [0.25, 0.3) is 0 Å². The van der Waals surface area contributed by atoms with Crippen LogP contribution in [0.3, 0.4) is 0 Å². The Morgan fingerprint density at radius 3 is 1.89 bits per heavy atom. The molecule has 4 nitrogen and oxygen atoms in total. The normalized spacial score (nSPS) is 10.1. The summed E-state index contributed by atoms with van der Waals surface area (Å²) in [5.41, 5.74) is 3.24. The highest BCUT2D eigenvalue weighted by atomic mass is 15.1. The third-order valence-corrected chi connectivity index (χ3v) is 2.88. The van der Waals surface area contributed by atoms with Crippen molar-refractivity contribution >= 4 is 22.9 Å². The molecule has 0 amide bonds. The summed E-state index contributed by atoms with van der Waals surface area (Å²) in [5.74, 6) is 0.952. The number of hydrogen-bond acceptors (Lipinski definition) is 4. The van der Waals surface area contributed by atoms with E-state index in [0.717, 1.165) is 17.2 Å². The molecule has 0 spiro atoms. The molecular formula is C15H20N4. The molecule has 0 aliphatic rings. The van der Waals surface area contributed by atoms with E-state index in [2.05, 4.69) is 39.5 Å². The van der Waals surface area contributed by atoms with E-state index in [-0.39, 0.29) is 0 Å². The van der Waals surface area contributed by atoms with Crippen LogP contribution in [-0.2, 0) is 0 Å². The molecule has 4 heteroatoms. The fourth-order valence-corrected chi connectivity index (χ4v) is 1.73. The van der Waals surface area contributed by atoms with E-state index in [1.165, 1.54) is 5.69 Å². The van der Waals surface area contributed by atoms with E-state index in [1.54, 1.807) is 0 Å². The topological polar surface area (TPSA) is 31.4 Å². The first kappa shape index (κ1) is 13.2. The van der Waals surface area contributed by atoms with Crippen LogP contribution in [0.4, 0.5) is 22.9 Å². The van der Waals surface area contributed by atoms with Crippen molar-refractivity contribution in [2.75, 3.05) is 43.3 Å². The van der Waals surface area contributed by atoms with Gasteiger partial charge in [-0.2, -0.15) is 0 Å². The van der Waals surface area contributed by atoms with Gasteiger partial charge in [-0.05, 0) is 36.4 Å². The van der Waals surface area contributed by atoms with Crippen molar-refractivity contribution in [3.8, 4) is 0 Å². The predicted octanol–water partition coefficient (Wildman–Crippen LogP) is 2.96. The zero-order valence-corrected chi connectivity index (χ0v) is 11.9. The fourth-order valence-electron chi connectivity index (χ4n) is 1.73. The van der Waals surface area contributed by atoms with Gasteiger partial charge in [-0.3, -0.25) is 0 Å². The van der Waals surface area contributed by atoms with Crippen LogP contribution in [0, 0.1) is 0 Å². The number of aromatic nitrogens is 1. The highest BCUT2D eigenvalue weighted by molar-refractivity contribution is 5.63. The van der Waals surface area contributed by atoms with Crippen LogP contribution in [0.5, 0.6) is 0 Å². The summed E-state index contributed by atoms with van der Waals surface area (Å²) >= 11 is 0. The van der Waals surface area contributed by atoms with Gasteiger partial charge in [0.15, 0.2) is 0 Å². The average molecular weight is 256 g/mol. The molecule has 0 unspecified atom stereocenters. The Balaban J connectivity index is 2.08. The quantitative estimate of drug-likeness (QED) is 0.911. The molecule has 1 heterocycles. The first-order chi connectivity index (χ1) is 9.06. The maximum absolute atomic E-state index is 4.38. The third-order valence-electron chi connectivity index (χ3n) is 2.88. The number of anilines is 4. The van der Waals surface area contributed by atoms with Gasteiger partial charge in [0.2, 0.25) is 0 Å². The lowest BCUT2D eigenvalue weighted by molar-refractivity contribution is 1.07. The first-order valence-corrected chi connectivity index (χ1v) is 6.24. The van der Waals surface area contributed by atoms with Crippen LogP contribution in [0.2, 0.25) is 0 Å². The Morgan fingerprint density at radius 1 is 0.789 bits per heavy atom. The standard InChI is InChI=1S/C15H20N4/c1-18(2)14-8-5-12(6-9-14)17-13-7-10-15(16-11-13)19(3)4/h5-11,17H,1-4H3. The molecule has 0 saturated heterocycles. The second-order valence-corrected chi connectivity index (χ2v) is 4.87. The van der Waals surface area contributed by atoms with Gasteiger partial charge in [0.05, 0.1) is 11.9 Å². The average Bonchev–Trinajstić information content (AvgIpc) is 2.40. The number of rotatable bonds is 4. The summed E-state index contributed by atoms with van der Waals surface area (Å²) < 4.78 is 0. The van der Waals surface area contributed by atoms with Crippen LogP contribution in [0.1, 0.15) is 0 Å². The molecule has 19 heavy (non-hydrogen) atoms. The van der Waals surface area contributed by atoms with Crippen molar-refractivity contribution in [3.63, 3.8) is 0 Å². The van der Waals surface area contributed by atoms with E-state index in [0.29, 0.717) is 0 Å². The lowest BCUT2D eigenvalue weighted by Gasteiger charge is -2.14. The molecule has 0 bridgehead atoms. The summed E-state index contributed by atoms with van der Waals surface area (Å²) in [6, 6.07) is 12.3. The highest BCUT2D eigenvalue weighted by Crippen LogP contribution is 2.20. The number of nitrogens with zero attached hydrogens (tertiary/aromatic N) is 3. The second-order valence-electron chi connectivity index (χ2n) is 4.87. The van der Waals surface area contributed by atoms with Gasteiger partial charge in [-0.1, -0.05) is 0 Å². The first-order valence-electron chi connectivity index (χ1n) is 6.24. The third kappa shape index (κ3) is 3.37. The molecule has 0 atom stereocenters. The van der Waals surface area contributed by atoms with Crippen LogP contribution in [0.15, 0.2) is 42.6 Å². The number of hydrogen-bond donors (Lipinski definition) is 1. The van der Waals surface area contributed by atoms with E-state index >= 15 is 0 Å². The van der Waals surface area contributed by atoms with Gasteiger partial charge in [-0.25, -0.2) is 4.98 Å². The van der Waals surface area contributed by atoms with Crippen molar-refractivity contribution in [1.82, 2.24) is 4.98 Å². The molecule has 1 N–H and O–H groups in total. The van der Waals surface area contributed by atoms with Gasteiger partial charge in [0.1, 0.15) is 5.82 Å².